The second-order valence-corrected chi connectivity index (χ2v) is 11.1. The van der Waals surface area contributed by atoms with Gasteiger partial charge in [-0.15, -0.1) is 0 Å². The van der Waals surface area contributed by atoms with Crippen LogP contribution < -0.4 is 9.47 Å². The van der Waals surface area contributed by atoms with E-state index in [1.54, 1.807) is 14.2 Å². The lowest BCUT2D eigenvalue weighted by atomic mass is 9.79. The van der Waals surface area contributed by atoms with Crippen LogP contribution in [0.3, 0.4) is 0 Å². The van der Waals surface area contributed by atoms with Gasteiger partial charge in [0, 0.05) is 31.2 Å². The molecule has 0 fully saturated rings. The Morgan fingerprint density at radius 3 is 1.14 bits per heavy atom. The van der Waals surface area contributed by atoms with Gasteiger partial charge in [-0.05, 0) is 47.9 Å². The molecule has 154 valence electrons. The molecule has 0 unspecified atom stereocenters. The van der Waals surface area contributed by atoms with E-state index in [0.29, 0.717) is 0 Å². The largest absolute Gasteiger partial charge is 0.496 e. The van der Waals surface area contributed by atoms with Gasteiger partial charge >= 0.3 is 0 Å². The molecule has 28 heavy (non-hydrogen) atoms. The summed E-state index contributed by atoms with van der Waals surface area (Å²) in [5, 5.41) is 0. The van der Waals surface area contributed by atoms with Gasteiger partial charge in [0.25, 0.3) is 0 Å². The van der Waals surface area contributed by atoms with Gasteiger partial charge in [-0.3, -0.25) is 0 Å². The highest BCUT2D eigenvalue weighted by atomic mass is 79.9. The summed E-state index contributed by atoms with van der Waals surface area (Å²) >= 11 is 7.58. The molecule has 0 aliphatic carbocycles. The van der Waals surface area contributed by atoms with Crippen LogP contribution >= 0.6 is 31.9 Å². The molecule has 0 bridgehead atoms. The lowest BCUT2D eigenvalue weighted by Gasteiger charge is -2.30. The molecule has 0 atom stereocenters. The minimum Gasteiger partial charge on any atom is -0.496 e. The van der Waals surface area contributed by atoms with Crippen molar-refractivity contribution in [3.05, 3.63) is 43.3 Å². The molecule has 0 spiro atoms. The van der Waals surface area contributed by atoms with Crippen LogP contribution in [0.5, 0.6) is 11.5 Å². The molecule has 0 aliphatic heterocycles. The summed E-state index contributed by atoms with van der Waals surface area (Å²) in [6, 6.07) is 4.37. The highest BCUT2D eigenvalue weighted by molar-refractivity contribution is 9.10. The standard InChI is InChI=1S/C24H32Br2O2/c1-13-17(25)11-15(23(3,4)5)21(27-9)19(13)20-14(2)18(26)12-16(22(20)28-10)24(6,7)8/h11-12H,1-10H3. The summed E-state index contributed by atoms with van der Waals surface area (Å²) in [7, 11) is 3.51. The summed E-state index contributed by atoms with van der Waals surface area (Å²) in [4.78, 5) is 0. The van der Waals surface area contributed by atoms with Crippen molar-refractivity contribution in [2.24, 2.45) is 0 Å². The quantitative estimate of drug-likeness (QED) is 0.414. The monoisotopic (exact) mass is 510 g/mol. The number of benzene rings is 2. The molecule has 0 saturated heterocycles. The fraction of sp³-hybridized carbons (Fsp3) is 0.500. The van der Waals surface area contributed by atoms with E-state index in [-0.39, 0.29) is 10.8 Å². The predicted molar refractivity (Wildman–Crippen MR) is 127 cm³/mol. The lowest BCUT2D eigenvalue weighted by molar-refractivity contribution is 0.392. The first-order valence-corrected chi connectivity index (χ1v) is 11.1. The van der Waals surface area contributed by atoms with E-state index < -0.39 is 0 Å². The summed E-state index contributed by atoms with van der Waals surface area (Å²) < 4.78 is 14.2. The van der Waals surface area contributed by atoms with E-state index in [4.69, 9.17) is 9.47 Å². The SMILES string of the molecule is COc1c(C(C)(C)C)cc(Br)c(C)c1-c1c(C)c(Br)cc(C(C)(C)C)c1OC. The van der Waals surface area contributed by atoms with Gasteiger partial charge in [-0.1, -0.05) is 73.4 Å². The maximum absolute atomic E-state index is 6.02. The smallest absolute Gasteiger partial charge is 0.130 e. The van der Waals surface area contributed by atoms with Gasteiger partial charge in [0.05, 0.1) is 14.2 Å². The molecular formula is C24H32Br2O2. The van der Waals surface area contributed by atoms with Crippen LogP contribution in [0.15, 0.2) is 21.1 Å². The van der Waals surface area contributed by atoms with Gasteiger partial charge in [0.2, 0.25) is 0 Å². The zero-order chi connectivity index (χ0) is 21.6. The Bertz CT molecular complexity index is 825. The van der Waals surface area contributed by atoms with Crippen LogP contribution in [0.2, 0.25) is 0 Å². The Morgan fingerprint density at radius 2 is 0.929 bits per heavy atom. The molecule has 2 rings (SSSR count). The third-order valence-electron chi connectivity index (χ3n) is 5.23. The fourth-order valence-electron chi connectivity index (χ4n) is 3.59. The van der Waals surface area contributed by atoms with Crippen LogP contribution in [-0.4, -0.2) is 14.2 Å². The molecule has 2 aromatic carbocycles. The number of rotatable bonds is 3. The Morgan fingerprint density at radius 1 is 0.643 bits per heavy atom. The zero-order valence-corrected chi connectivity index (χ0v) is 21.9. The maximum Gasteiger partial charge on any atom is 0.130 e. The zero-order valence-electron chi connectivity index (χ0n) is 18.7. The number of hydrogen-bond acceptors (Lipinski definition) is 2. The molecule has 0 N–H and O–H groups in total. The number of ether oxygens (including phenoxy) is 2. The van der Waals surface area contributed by atoms with Crippen LogP contribution in [-0.2, 0) is 10.8 Å². The molecule has 2 nitrogen and oxygen atoms in total. The van der Waals surface area contributed by atoms with Gasteiger partial charge in [0.1, 0.15) is 11.5 Å². The molecule has 0 radical (unpaired) electrons. The highest BCUT2D eigenvalue weighted by Crippen LogP contribution is 2.51. The van der Waals surface area contributed by atoms with Crippen LogP contribution in [0, 0.1) is 13.8 Å². The van der Waals surface area contributed by atoms with E-state index in [0.717, 1.165) is 42.7 Å². The fourth-order valence-corrected chi connectivity index (χ4v) is 4.44. The number of hydrogen-bond donors (Lipinski definition) is 0. The maximum atomic E-state index is 6.02. The average Bonchev–Trinajstić information content (AvgIpc) is 2.57. The molecular weight excluding hydrogens is 480 g/mol. The van der Waals surface area contributed by atoms with Crippen molar-refractivity contribution in [2.75, 3.05) is 14.2 Å². The van der Waals surface area contributed by atoms with E-state index in [2.05, 4.69) is 99.4 Å². The molecule has 0 aromatic heterocycles. The molecule has 0 amide bonds. The van der Waals surface area contributed by atoms with Crippen molar-refractivity contribution in [2.45, 2.75) is 66.2 Å². The number of halogens is 2. The van der Waals surface area contributed by atoms with Crippen LogP contribution in [0.1, 0.15) is 63.8 Å². The van der Waals surface area contributed by atoms with E-state index in [1.807, 2.05) is 0 Å². The summed E-state index contributed by atoms with van der Waals surface area (Å²) in [5.74, 6) is 1.82. The predicted octanol–water partition coefficient (Wildman–Crippen LogP) is 8.11. The number of methoxy groups -OCH3 is 2. The first-order valence-electron chi connectivity index (χ1n) is 9.51. The first-order chi connectivity index (χ1) is 12.8. The lowest BCUT2D eigenvalue weighted by Crippen LogP contribution is -2.16. The van der Waals surface area contributed by atoms with Crippen LogP contribution in [0.25, 0.3) is 11.1 Å². The molecule has 0 aliphatic rings. The summed E-state index contributed by atoms with van der Waals surface area (Å²) in [6.07, 6.45) is 0. The molecule has 0 heterocycles. The van der Waals surface area contributed by atoms with Gasteiger partial charge in [0.15, 0.2) is 0 Å². The summed E-state index contributed by atoms with van der Waals surface area (Å²) in [5.41, 5.74) is 6.67. The third-order valence-corrected chi connectivity index (χ3v) is 6.87. The van der Waals surface area contributed by atoms with Crippen molar-refractivity contribution in [3.8, 4) is 22.6 Å². The summed E-state index contributed by atoms with van der Waals surface area (Å²) in [6.45, 7) is 17.5. The van der Waals surface area contributed by atoms with Gasteiger partial charge in [-0.2, -0.15) is 0 Å². The van der Waals surface area contributed by atoms with Crippen molar-refractivity contribution >= 4 is 31.9 Å². The van der Waals surface area contributed by atoms with E-state index in [1.165, 1.54) is 11.1 Å². The molecule has 4 heteroatoms. The van der Waals surface area contributed by atoms with Gasteiger partial charge < -0.3 is 9.47 Å². The Labute approximate surface area is 187 Å². The second-order valence-electron chi connectivity index (χ2n) is 9.38. The minimum atomic E-state index is -0.0592. The average molecular weight is 512 g/mol. The van der Waals surface area contributed by atoms with Crippen molar-refractivity contribution in [3.63, 3.8) is 0 Å². The van der Waals surface area contributed by atoms with Crippen molar-refractivity contribution in [1.82, 2.24) is 0 Å². The molecule has 2 aromatic rings. The van der Waals surface area contributed by atoms with E-state index in [9.17, 15) is 0 Å². The van der Waals surface area contributed by atoms with Gasteiger partial charge in [-0.25, -0.2) is 0 Å². The Kier molecular flexibility index (Phi) is 6.67. The normalized spacial score (nSPS) is 12.3. The first kappa shape index (κ1) is 23.3. The Hall–Kier alpha value is -1.00. The highest BCUT2D eigenvalue weighted by Gasteiger charge is 2.30. The topological polar surface area (TPSA) is 18.5 Å². The third kappa shape index (κ3) is 4.14. The minimum absolute atomic E-state index is 0.0592. The molecule has 0 saturated carbocycles. The van der Waals surface area contributed by atoms with Crippen LogP contribution in [0.4, 0.5) is 0 Å². The second kappa shape index (κ2) is 8.02. The van der Waals surface area contributed by atoms with Crippen molar-refractivity contribution < 1.29 is 9.47 Å². The van der Waals surface area contributed by atoms with Crippen molar-refractivity contribution in [1.29, 1.82) is 0 Å². The van der Waals surface area contributed by atoms with E-state index >= 15 is 0 Å². The Balaban J connectivity index is 3.12.